The number of benzene rings is 2. The topological polar surface area (TPSA) is 70.2 Å². The molecule has 0 unspecified atom stereocenters. The van der Waals surface area contributed by atoms with Crippen LogP contribution in [0, 0.1) is 6.92 Å². The number of carbonyl (C=O) groups is 1. The van der Waals surface area contributed by atoms with E-state index in [1.165, 1.54) is 0 Å². The summed E-state index contributed by atoms with van der Waals surface area (Å²) in [7, 11) is 0. The normalized spacial score (nSPS) is 14.4. The number of piperazine rings is 1. The number of aromatic nitrogens is 2. The first-order chi connectivity index (χ1) is 12.7. The molecule has 1 aliphatic rings. The molecule has 2 heterocycles. The van der Waals surface area contributed by atoms with Crippen LogP contribution in [0.25, 0.3) is 10.9 Å². The van der Waals surface area contributed by atoms with E-state index in [1.54, 1.807) is 0 Å². The van der Waals surface area contributed by atoms with Crippen LogP contribution in [-0.4, -0.2) is 47.0 Å². The fraction of sp³-hybridized carbons (Fsp3) is 0.250. The Balaban J connectivity index is 1.50. The predicted octanol–water partition coefficient (Wildman–Crippen LogP) is 2.73. The molecule has 2 aromatic carbocycles. The number of aryl methyl sites for hydroxylation is 1. The third-order valence-electron chi connectivity index (χ3n) is 4.60. The Morgan fingerprint density at radius 3 is 2.65 bits per heavy atom. The van der Waals surface area contributed by atoms with E-state index in [1.807, 2.05) is 60.5 Å². The molecule has 0 saturated carbocycles. The van der Waals surface area contributed by atoms with Gasteiger partial charge in [0.25, 0.3) is 5.91 Å². The molecular formula is C20H21N5O. The zero-order valence-corrected chi connectivity index (χ0v) is 14.7. The minimum Gasteiger partial charge on any atom is -0.336 e. The van der Waals surface area contributed by atoms with Crippen molar-refractivity contribution in [1.29, 1.82) is 0 Å². The summed E-state index contributed by atoms with van der Waals surface area (Å²) in [5.41, 5.74) is 3.61. The summed E-state index contributed by atoms with van der Waals surface area (Å²) < 4.78 is 0. The van der Waals surface area contributed by atoms with Crippen LogP contribution >= 0.6 is 0 Å². The highest BCUT2D eigenvalue weighted by Crippen LogP contribution is 2.19. The van der Waals surface area contributed by atoms with Gasteiger partial charge in [0, 0.05) is 49.0 Å². The van der Waals surface area contributed by atoms with Crippen LogP contribution in [0.3, 0.4) is 0 Å². The molecule has 0 bridgehead atoms. The molecule has 0 aliphatic carbocycles. The summed E-state index contributed by atoms with van der Waals surface area (Å²) in [6.07, 6.45) is 1.82. The van der Waals surface area contributed by atoms with Gasteiger partial charge in [0.2, 0.25) is 5.95 Å². The number of anilines is 2. The summed E-state index contributed by atoms with van der Waals surface area (Å²) in [6, 6.07) is 13.5. The SMILES string of the molecule is Cc1cccc2cnc(Nc3ccc(C(=O)N4CCNCC4)cc3)nc12. The van der Waals surface area contributed by atoms with Crippen molar-refractivity contribution in [3.8, 4) is 0 Å². The first-order valence-electron chi connectivity index (χ1n) is 8.80. The first kappa shape index (κ1) is 16.5. The van der Waals surface area contributed by atoms with Crippen molar-refractivity contribution in [2.45, 2.75) is 6.92 Å². The molecule has 0 radical (unpaired) electrons. The van der Waals surface area contributed by atoms with Crippen LogP contribution in [0.5, 0.6) is 0 Å². The maximum Gasteiger partial charge on any atom is 0.253 e. The summed E-state index contributed by atoms with van der Waals surface area (Å²) in [4.78, 5) is 23.4. The summed E-state index contributed by atoms with van der Waals surface area (Å²) in [6.45, 7) is 5.25. The predicted molar refractivity (Wildman–Crippen MR) is 103 cm³/mol. The number of carbonyl (C=O) groups excluding carboxylic acids is 1. The van der Waals surface area contributed by atoms with Gasteiger partial charge >= 0.3 is 0 Å². The molecule has 0 atom stereocenters. The van der Waals surface area contributed by atoms with Crippen LogP contribution in [0.15, 0.2) is 48.7 Å². The number of rotatable bonds is 3. The van der Waals surface area contributed by atoms with Crippen LogP contribution in [0.4, 0.5) is 11.6 Å². The van der Waals surface area contributed by atoms with Gasteiger partial charge in [0.05, 0.1) is 5.52 Å². The van der Waals surface area contributed by atoms with Crippen molar-refractivity contribution in [1.82, 2.24) is 20.2 Å². The molecule has 1 aromatic heterocycles. The van der Waals surface area contributed by atoms with Gasteiger partial charge < -0.3 is 15.5 Å². The Morgan fingerprint density at radius 1 is 1.12 bits per heavy atom. The number of nitrogens with one attached hydrogen (secondary N) is 2. The van der Waals surface area contributed by atoms with E-state index < -0.39 is 0 Å². The average Bonchev–Trinajstić information content (AvgIpc) is 2.69. The van der Waals surface area contributed by atoms with Crippen molar-refractivity contribution in [2.24, 2.45) is 0 Å². The van der Waals surface area contributed by atoms with E-state index in [0.29, 0.717) is 11.5 Å². The van der Waals surface area contributed by atoms with E-state index in [-0.39, 0.29) is 5.91 Å². The second kappa shape index (κ2) is 7.09. The fourth-order valence-electron chi connectivity index (χ4n) is 3.14. The van der Waals surface area contributed by atoms with Gasteiger partial charge in [-0.25, -0.2) is 9.97 Å². The van der Waals surface area contributed by atoms with E-state index in [9.17, 15) is 4.79 Å². The number of amides is 1. The van der Waals surface area contributed by atoms with Crippen molar-refractivity contribution in [3.63, 3.8) is 0 Å². The molecule has 3 aromatic rings. The zero-order valence-electron chi connectivity index (χ0n) is 14.7. The minimum absolute atomic E-state index is 0.0793. The van der Waals surface area contributed by atoms with Crippen LogP contribution in [-0.2, 0) is 0 Å². The molecule has 26 heavy (non-hydrogen) atoms. The average molecular weight is 347 g/mol. The Kier molecular flexibility index (Phi) is 4.50. The molecule has 1 amide bonds. The summed E-state index contributed by atoms with van der Waals surface area (Å²) in [5.74, 6) is 0.628. The van der Waals surface area contributed by atoms with Crippen molar-refractivity contribution in [2.75, 3.05) is 31.5 Å². The van der Waals surface area contributed by atoms with E-state index in [0.717, 1.165) is 48.3 Å². The molecule has 1 saturated heterocycles. The lowest BCUT2D eigenvalue weighted by Gasteiger charge is -2.27. The standard InChI is InChI=1S/C20H21N5O/c1-14-3-2-4-16-13-22-20(24-18(14)16)23-17-7-5-15(6-8-17)19(26)25-11-9-21-10-12-25/h2-8,13,21H,9-12H2,1H3,(H,22,23,24). The molecule has 6 heteroatoms. The van der Waals surface area contributed by atoms with Crippen LogP contribution < -0.4 is 10.6 Å². The van der Waals surface area contributed by atoms with Gasteiger partial charge in [-0.05, 0) is 36.8 Å². The number of hydrogen-bond acceptors (Lipinski definition) is 5. The highest BCUT2D eigenvalue weighted by molar-refractivity contribution is 5.94. The number of fused-ring (bicyclic) bond motifs is 1. The van der Waals surface area contributed by atoms with E-state index in [2.05, 4.69) is 20.6 Å². The smallest absolute Gasteiger partial charge is 0.253 e. The van der Waals surface area contributed by atoms with Gasteiger partial charge in [0.1, 0.15) is 0 Å². The second-order valence-corrected chi connectivity index (χ2v) is 6.45. The van der Waals surface area contributed by atoms with Crippen LogP contribution in [0.2, 0.25) is 0 Å². The van der Waals surface area contributed by atoms with Gasteiger partial charge in [-0.2, -0.15) is 0 Å². The Morgan fingerprint density at radius 2 is 1.88 bits per heavy atom. The highest BCUT2D eigenvalue weighted by Gasteiger charge is 2.17. The van der Waals surface area contributed by atoms with Crippen LogP contribution in [0.1, 0.15) is 15.9 Å². The molecule has 4 rings (SSSR count). The third-order valence-corrected chi connectivity index (χ3v) is 4.60. The molecule has 2 N–H and O–H groups in total. The fourth-order valence-corrected chi connectivity index (χ4v) is 3.14. The van der Waals surface area contributed by atoms with E-state index >= 15 is 0 Å². The molecule has 1 fully saturated rings. The van der Waals surface area contributed by atoms with Crippen molar-refractivity contribution < 1.29 is 4.79 Å². The maximum atomic E-state index is 12.5. The third kappa shape index (κ3) is 3.36. The number of nitrogens with zero attached hydrogens (tertiary/aromatic N) is 3. The first-order valence-corrected chi connectivity index (χ1v) is 8.80. The molecule has 132 valence electrons. The largest absolute Gasteiger partial charge is 0.336 e. The number of para-hydroxylation sites is 1. The molecular weight excluding hydrogens is 326 g/mol. The Hall–Kier alpha value is -2.99. The Labute approximate surface area is 152 Å². The monoisotopic (exact) mass is 347 g/mol. The van der Waals surface area contributed by atoms with Gasteiger partial charge in [-0.3, -0.25) is 4.79 Å². The molecule has 6 nitrogen and oxygen atoms in total. The van der Waals surface area contributed by atoms with Gasteiger partial charge in [-0.1, -0.05) is 18.2 Å². The van der Waals surface area contributed by atoms with Gasteiger partial charge in [0.15, 0.2) is 0 Å². The maximum absolute atomic E-state index is 12.5. The van der Waals surface area contributed by atoms with E-state index in [4.69, 9.17) is 0 Å². The lowest BCUT2D eigenvalue weighted by molar-refractivity contribution is 0.0736. The van der Waals surface area contributed by atoms with Crippen molar-refractivity contribution in [3.05, 3.63) is 59.8 Å². The highest BCUT2D eigenvalue weighted by atomic mass is 16.2. The molecule has 1 aliphatic heterocycles. The summed E-state index contributed by atoms with van der Waals surface area (Å²) in [5, 5.41) is 7.49. The lowest BCUT2D eigenvalue weighted by Crippen LogP contribution is -2.46. The second-order valence-electron chi connectivity index (χ2n) is 6.45. The minimum atomic E-state index is 0.0793. The zero-order chi connectivity index (χ0) is 17.9. The Bertz CT molecular complexity index is 933. The lowest BCUT2D eigenvalue weighted by atomic mass is 10.1. The van der Waals surface area contributed by atoms with Gasteiger partial charge in [-0.15, -0.1) is 0 Å². The summed E-state index contributed by atoms with van der Waals surface area (Å²) >= 11 is 0. The quantitative estimate of drug-likeness (QED) is 0.762. The number of hydrogen-bond donors (Lipinski definition) is 2. The molecule has 0 spiro atoms. The van der Waals surface area contributed by atoms with Crippen molar-refractivity contribution >= 4 is 28.4 Å².